The summed E-state index contributed by atoms with van der Waals surface area (Å²) in [6.07, 6.45) is 1.65. The smallest absolute Gasteiger partial charge is 0.349 e. The SMILES string of the molecule is O=c1c(-c2ccc(F)cc2)c([O-])[n+](CCN2CCOCC2)c2ccccn12. The third kappa shape index (κ3) is 3.43. The average Bonchev–Trinajstić information content (AvgIpc) is 2.70. The van der Waals surface area contributed by atoms with Crippen LogP contribution >= 0.6 is 0 Å². The molecule has 0 N–H and O–H groups in total. The van der Waals surface area contributed by atoms with Crippen LogP contribution in [0.4, 0.5) is 4.39 Å². The van der Waals surface area contributed by atoms with E-state index < -0.39 is 11.4 Å². The minimum Gasteiger partial charge on any atom is -0.842 e. The molecule has 0 saturated carbocycles. The van der Waals surface area contributed by atoms with Gasteiger partial charge in [0.2, 0.25) is 0 Å². The van der Waals surface area contributed by atoms with Gasteiger partial charge in [-0.1, -0.05) is 18.2 Å². The zero-order valence-electron chi connectivity index (χ0n) is 14.8. The predicted molar refractivity (Wildman–Crippen MR) is 96.0 cm³/mol. The van der Waals surface area contributed by atoms with Crippen molar-refractivity contribution in [3.63, 3.8) is 0 Å². The molecule has 0 atom stereocenters. The quantitative estimate of drug-likeness (QED) is 0.639. The van der Waals surface area contributed by atoms with Crippen molar-refractivity contribution in [2.45, 2.75) is 6.54 Å². The second-order valence-corrected chi connectivity index (χ2v) is 6.53. The monoisotopic (exact) mass is 369 g/mol. The van der Waals surface area contributed by atoms with Crippen molar-refractivity contribution in [1.82, 2.24) is 9.30 Å². The Bertz CT molecular complexity index is 1010. The van der Waals surface area contributed by atoms with Crippen molar-refractivity contribution in [2.24, 2.45) is 0 Å². The van der Waals surface area contributed by atoms with Gasteiger partial charge in [-0.15, -0.1) is 0 Å². The van der Waals surface area contributed by atoms with E-state index in [2.05, 4.69) is 4.90 Å². The molecule has 4 rings (SSSR count). The highest BCUT2D eigenvalue weighted by Crippen LogP contribution is 2.21. The molecule has 0 unspecified atom stereocenters. The largest absolute Gasteiger partial charge is 0.842 e. The Hall–Kier alpha value is -2.77. The van der Waals surface area contributed by atoms with E-state index in [-0.39, 0.29) is 11.4 Å². The number of nitrogens with zero attached hydrogens (tertiary/aromatic N) is 3. The number of benzene rings is 1. The minimum atomic E-state index is -0.410. The molecule has 3 heterocycles. The van der Waals surface area contributed by atoms with Gasteiger partial charge in [0, 0.05) is 25.7 Å². The predicted octanol–water partition coefficient (Wildman–Crippen LogP) is 0.799. The Labute approximate surface area is 155 Å². The van der Waals surface area contributed by atoms with Gasteiger partial charge in [-0.05, 0) is 23.8 Å². The van der Waals surface area contributed by atoms with Gasteiger partial charge in [-0.2, -0.15) is 4.40 Å². The summed E-state index contributed by atoms with van der Waals surface area (Å²) in [5.41, 5.74) is 0.627. The molecule has 1 aromatic carbocycles. The van der Waals surface area contributed by atoms with Crippen LogP contribution < -0.4 is 15.2 Å². The van der Waals surface area contributed by atoms with Crippen LogP contribution in [0.1, 0.15) is 0 Å². The van der Waals surface area contributed by atoms with Gasteiger partial charge in [0.1, 0.15) is 17.9 Å². The molecule has 0 bridgehead atoms. The first-order valence-corrected chi connectivity index (χ1v) is 8.95. The zero-order chi connectivity index (χ0) is 18.8. The van der Waals surface area contributed by atoms with Crippen LogP contribution in [0.5, 0.6) is 5.88 Å². The lowest BCUT2D eigenvalue weighted by Crippen LogP contribution is -2.49. The lowest BCUT2D eigenvalue weighted by atomic mass is 10.1. The third-order valence-electron chi connectivity index (χ3n) is 4.88. The van der Waals surface area contributed by atoms with Crippen molar-refractivity contribution in [2.75, 3.05) is 32.8 Å². The Balaban J connectivity index is 1.81. The van der Waals surface area contributed by atoms with Gasteiger partial charge in [-0.3, -0.25) is 4.90 Å². The highest BCUT2D eigenvalue weighted by atomic mass is 19.1. The first kappa shape index (κ1) is 17.6. The van der Waals surface area contributed by atoms with Gasteiger partial charge in [0.05, 0.1) is 25.3 Å². The molecule has 1 aliphatic heterocycles. The van der Waals surface area contributed by atoms with E-state index in [0.717, 1.165) is 13.1 Å². The van der Waals surface area contributed by atoms with Crippen molar-refractivity contribution in [1.29, 1.82) is 0 Å². The van der Waals surface area contributed by atoms with Crippen LogP contribution in [0.15, 0.2) is 53.5 Å². The highest BCUT2D eigenvalue weighted by Gasteiger charge is 2.20. The van der Waals surface area contributed by atoms with Crippen molar-refractivity contribution < 1.29 is 18.8 Å². The number of hydrogen-bond acceptors (Lipinski definition) is 4. The average molecular weight is 369 g/mol. The second kappa shape index (κ2) is 7.46. The molecular formula is C20H20FN3O3. The molecule has 2 aromatic heterocycles. The summed E-state index contributed by atoms with van der Waals surface area (Å²) in [5, 5.41) is 13.2. The fourth-order valence-electron chi connectivity index (χ4n) is 3.42. The van der Waals surface area contributed by atoms with E-state index in [4.69, 9.17) is 4.74 Å². The summed E-state index contributed by atoms with van der Waals surface area (Å²) in [7, 11) is 0. The van der Waals surface area contributed by atoms with Gasteiger partial charge >= 0.3 is 5.56 Å². The number of fused-ring (bicyclic) bond motifs is 1. The van der Waals surface area contributed by atoms with Crippen molar-refractivity contribution >= 4 is 5.65 Å². The van der Waals surface area contributed by atoms with Gasteiger partial charge < -0.3 is 9.84 Å². The number of aromatic nitrogens is 2. The Kier molecular flexibility index (Phi) is 4.87. The van der Waals surface area contributed by atoms with E-state index in [1.807, 2.05) is 0 Å². The molecule has 0 spiro atoms. The van der Waals surface area contributed by atoms with E-state index in [1.54, 1.807) is 29.0 Å². The number of halogens is 1. The zero-order valence-corrected chi connectivity index (χ0v) is 14.8. The van der Waals surface area contributed by atoms with Crippen LogP contribution in [0.3, 0.4) is 0 Å². The molecule has 1 fully saturated rings. The van der Waals surface area contributed by atoms with E-state index >= 15 is 0 Å². The summed E-state index contributed by atoms with van der Waals surface area (Å²) in [4.78, 5) is 15.2. The molecule has 0 radical (unpaired) electrons. The number of hydrogen-bond donors (Lipinski definition) is 0. The summed E-state index contributed by atoms with van der Waals surface area (Å²) in [5.74, 6) is -0.765. The minimum absolute atomic E-state index is 0.0562. The summed E-state index contributed by atoms with van der Waals surface area (Å²) in [6.45, 7) is 4.17. The summed E-state index contributed by atoms with van der Waals surface area (Å²) < 4.78 is 21.7. The lowest BCUT2D eigenvalue weighted by molar-refractivity contribution is -0.715. The first-order chi connectivity index (χ1) is 13.1. The van der Waals surface area contributed by atoms with E-state index in [9.17, 15) is 14.3 Å². The van der Waals surface area contributed by atoms with Crippen molar-refractivity contribution in [3.05, 3.63) is 64.8 Å². The highest BCUT2D eigenvalue weighted by molar-refractivity contribution is 5.66. The summed E-state index contributed by atoms with van der Waals surface area (Å²) >= 11 is 0. The second-order valence-electron chi connectivity index (χ2n) is 6.53. The Morgan fingerprint density at radius 3 is 2.59 bits per heavy atom. The molecule has 1 saturated heterocycles. The lowest BCUT2D eigenvalue weighted by Gasteiger charge is -2.27. The standard InChI is InChI=1S/C20H20FN3O3/c21-16-6-4-15(5-7-16)18-19(25)23-8-2-1-3-17(23)24(20(18)26)10-9-22-11-13-27-14-12-22/h1-8H,9-14H2. The molecule has 27 heavy (non-hydrogen) atoms. The fourth-order valence-corrected chi connectivity index (χ4v) is 3.42. The molecule has 0 amide bonds. The van der Waals surface area contributed by atoms with E-state index in [1.165, 1.54) is 28.7 Å². The van der Waals surface area contributed by atoms with Gasteiger partial charge in [-0.25, -0.2) is 13.8 Å². The van der Waals surface area contributed by atoms with Crippen LogP contribution in [-0.4, -0.2) is 42.1 Å². The molecule has 7 heteroatoms. The number of pyridine rings is 1. The Morgan fingerprint density at radius 2 is 1.85 bits per heavy atom. The molecule has 6 nitrogen and oxygen atoms in total. The fraction of sp³-hybridized carbons (Fsp3) is 0.300. The molecule has 1 aliphatic rings. The molecule has 0 aliphatic carbocycles. The van der Waals surface area contributed by atoms with Crippen molar-refractivity contribution in [3.8, 4) is 17.0 Å². The van der Waals surface area contributed by atoms with Crippen LogP contribution in [-0.2, 0) is 11.3 Å². The maximum atomic E-state index is 13.3. The third-order valence-corrected chi connectivity index (χ3v) is 4.88. The molecular weight excluding hydrogens is 349 g/mol. The number of ether oxygens (including phenoxy) is 1. The number of rotatable bonds is 4. The van der Waals surface area contributed by atoms with Gasteiger partial charge in [0.25, 0.3) is 5.65 Å². The van der Waals surface area contributed by atoms with Gasteiger partial charge in [0.15, 0.2) is 0 Å². The molecule has 3 aromatic rings. The Morgan fingerprint density at radius 1 is 1.11 bits per heavy atom. The number of morpholine rings is 1. The van der Waals surface area contributed by atoms with E-state index in [0.29, 0.717) is 37.5 Å². The maximum Gasteiger partial charge on any atom is 0.349 e. The molecule has 140 valence electrons. The topological polar surface area (TPSA) is 60.9 Å². The first-order valence-electron chi connectivity index (χ1n) is 8.95. The van der Waals surface area contributed by atoms with Crippen LogP contribution in [0, 0.1) is 5.82 Å². The summed E-state index contributed by atoms with van der Waals surface area (Å²) in [6, 6.07) is 10.8. The van der Waals surface area contributed by atoms with Crippen LogP contribution in [0.25, 0.3) is 16.8 Å². The normalized spacial score (nSPS) is 15.3. The van der Waals surface area contributed by atoms with Crippen LogP contribution in [0.2, 0.25) is 0 Å². The maximum absolute atomic E-state index is 13.3.